The van der Waals surface area contributed by atoms with Crippen LogP contribution in [0.1, 0.15) is 22.3 Å². The minimum absolute atomic E-state index is 0.0461. The first-order valence-corrected chi connectivity index (χ1v) is 7.48. The highest BCUT2D eigenvalue weighted by Crippen LogP contribution is 2.39. The molecule has 0 heterocycles. The molecule has 23 heavy (non-hydrogen) atoms. The van der Waals surface area contributed by atoms with Crippen LogP contribution in [0.3, 0.4) is 0 Å². The Morgan fingerprint density at radius 3 is 1.35 bits per heavy atom. The molecule has 3 N–H and O–H groups in total. The molecule has 3 aromatic carbocycles. The van der Waals surface area contributed by atoms with Gasteiger partial charge in [-0.2, -0.15) is 0 Å². The third-order valence-corrected chi connectivity index (χ3v) is 3.91. The second-order valence-electron chi connectivity index (χ2n) is 5.55. The molecule has 0 atom stereocenters. The maximum Gasteiger partial charge on any atom is 0.130 e. The second kappa shape index (κ2) is 6.44. The van der Waals surface area contributed by atoms with Gasteiger partial charge in [-0.05, 0) is 11.1 Å². The summed E-state index contributed by atoms with van der Waals surface area (Å²) in [6.45, 7) is 0. The summed E-state index contributed by atoms with van der Waals surface area (Å²) < 4.78 is 0. The molecule has 0 saturated carbocycles. The monoisotopic (exact) mass is 306 g/mol. The van der Waals surface area contributed by atoms with E-state index in [0.717, 1.165) is 11.1 Å². The van der Waals surface area contributed by atoms with E-state index in [1.165, 1.54) is 6.07 Å². The minimum atomic E-state index is -0.0966. The topological polar surface area (TPSA) is 60.7 Å². The van der Waals surface area contributed by atoms with Crippen LogP contribution in [0.2, 0.25) is 0 Å². The zero-order valence-electron chi connectivity index (χ0n) is 12.6. The van der Waals surface area contributed by atoms with Gasteiger partial charge in [0, 0.05) is 30.0 Å². The van der Waals surface area contributed by atoms with Crippen LogP contribution >= 0.6 is 0 Å². The predicted molar refractivity (Wildman–Crippen MR) is 89.9 cm³/mol. The van der Waals surface area contributed by atoms with Gasteiger partial charge in [0.05, 0.1) is 0 Å². The van der Waals surface area contributed by atoms with Crippen LogP contribution in [0.25, 0.3) is 0 Å². The van der Waals surface area contributed by atoms with Crippen molar-refractivity contribution in [2.24, 2.45) is 0 Å². The molecule has 0 unspecified atom stereocenters. The van der Waals surface area contributed by atoms with Crippen LogP contribution in [0.15, 0.2) is 66.7 Å². The molecule has 3 nitrogen and oxygen atoms in total. The molecular weight excluding hydrogens is 288 g/mol. The van der Waals surface area contributed by atoms with E-state index in [9.17, 15) is 15.3 Å². The molecule has 3 rings (SSSR count). The van der Waals surface area contributed by atoms with E-state index in [1.807, 2.05) is 60.7 Å². The van der Waals surface area contributed by atoms with Gasteiger partial charge in [0.2, 0.25) is 0 Å². The first kappa shape index (κ1) is 15.0. The van der Waals surface area contributed by atoms with E-state index in [0.29, 0.717) is 24.0 Å². The van der Waals surface area contributed by atoms with Crippen LogP contribution < -0.4 is 0 Å². The number of benzene rings is 3. The summed E-state index contributed by atoms with van der Waals surface area (Å²) in [5.41, 5.74) is 2.82. The molecule has 0 saturated heterocycles. The van der Waals surface area contributed by atoms with Gasteiger partial charge in [0.25, 0.3) is 0 Å². The summed E-state index contributed by atoms with van der Waals surface area (Å²) in [6, 6.07) is 20.5. The van der Waals surface area contributed by atoms with Crippen LogP contribution in [0.5, 0.6) is 17.2 Å². The van der Waals surface area contributed by atoms with Crippen molar-refractivity contribution in [3.63, 3.8) is 0 Å². The van der Waals surface area contributed by atoms with Crippen molar-refractivity contribution in [1.82, 2.24) is 0 Å². The smallest absolute Gasteiger partial charge is 0.130 e. The molecule has 0 fully saturated rings. The van der Waals surface area contributed by atoms with Crippen molar-refractivity contribution in [1.29, 1.82) is 0 Å². The molecule has 0 amide bonds. The molecular formula is C20H18O3. The fourth-order valence-corrected chi connectivity index (χ4v) is 2.68. The van der Waals surface area contributed by atoms with Crippen LogP contribution in [-0.2, 0) is 12.8 Å². The quantitative estimate of drug-likeness (QED) is 0.683. The zero-order valence-corrected chi connectivity index (χ0v) is 12.6. The summed E-state index contributed by atoms with van der Waals surface area (Å²) in [5, 5.41) is 30.8. The predicted octanol–water partition coefficient (Wildman–Crippen LogP) is 3.99. The van der Waals surface area contributed by atoms with E-state index >= 15 is 0 Å². The zero-order chi connectivity index (χ0) is 16.2. The van der Waals surface area contributed by atoms with Crippen LogP contribution in [-0.4, -0.2) is 15.3 Å². The minimum Gasteiger partial charge on any atom is -0.507 e. The van der Waals surface area contributed by atoms with E-state index in [2.05, 4.69) is 0 Å². The molecule has 0 bridgehead atoms. The molecule has 3 aromatic rings. The van der Waals surface area contributed by atoms with E-state index < -0.39 is 0 Å². The first-order valence-electron chi connectivity index (χ1n) is 7.48. The Bertz CT molecular complexity index is 730. The van der Waals surface area contributed by atoms with Crippen molar-refractivity contribution in [2.45, 2.75) is 12.8 Å². The number of aromatic hydroxyl groups is 3. The summed E-state index contributed by atoms with van der Waals surface area (Å²) >= 11 is 0. The Hall–Kier alpha value is -2.94. The fourth-order valence-electron chi connectivity index (χ4n) is 2.68. The normalized spacial score (nSPS) is 10.6. The summed E-state index contributed by atoms with van der Waals surface area (Å²) in [5.74, 6) is -0.239. The van der Waals surface area contributed by atoms with E-state index in [4.69, 9.17) is 0 Å². The van der Waals surface area contributed by atoms with Crippen molar-refractivity contribution in [3.05, 3.63) is 89.0 Å². The van der Waals surface area contributed by atoms with Gasteiger partial charge in [0.15, 0.2) is 0 Å². The van der Waals surface area contributed by atoms with Crippen LogP contribution in [0, 0.1) is 0 Å². The SMILES string of the molecule is Oc1cc(O)c(Cc2ccccc2)c(O)c1Cc1ccccc1. The van der Waals surface area contributed by atoms with Crippen molar-refractivity contribution in [2.75, 3.05) is 0 Å². The van der Waals surface area contributed by atoms with Gasteiger partial charge in [-0.15, -0.1) is 0 Å². The Morgan fingerprint density at radius 2 is 0.957 bits per heavy atom. The van der Waals surface area contributed by atoms with E-state index in [-0.39, 0.29) is 17.2 Å². The summed E-state index contributed by atoms with van der Waals surface area (Å²) in [6.07, 6.45) is 0.807. The highest BCUT2D eigenvalue weighted by atomic mass is 16.3. The third-order valence-electron chi connectivity index (χ3n) is 3.91. The number of phenolic OH excluding ortho intramolecular Hbond substituents is 3. The Kier molecular flexibility index (Phi) is 4.20. The van der Waals surface area contributed by atoms with Crippen molar-refractivity contribution >= 4 is 0 Å². The Balaban J connectivity index is 1.99. The lowest BCUT2D eigenvalue weighted by Gasteiger charge is -2.14. The molecule has 116 valence electrons. The average Bonchev–Trinajstić information content (AvgIpc) is 2.57. The molecule has 0 aliphatic carbocycles. The van der Waals surface area contributed by atoms with Crippen LogP contribution in [0.4, 0.5) is 0 Å². The highest BCUT2D eigenvalue weighted by Gasteiger charge is 2.17. The lowest BCUT2D eigenvalue weighted by molar-refractivity contribution is 0.413. The maximum absolute atomic E-state index is 10.6. The fraction of sp³-hybridized carbons (Fsp3) is 0.100. The first-order chi connectivity index (χ1) is 11.1. The number of rotatable bonds is 4. The van der Waals surface area contributed by atoms with Gasteiger partial charge in [0.1, 0.15) is 17.2 Å². The summed E-state index contributed by atoms with van der Waals surface area (Å²) in [4.78, 5) is 0. The van der Waals surface area contributed by atoms with Crippen molar-refractivity contribution < 1.29 is 15.3 Å². The second-order valence-corrected chi connectivity index (χ2v) is 5.55. The molecule has 0 aromatic heterocycles. The maximum atomic E-state index is 10.6. The van der Waals surface area contributed by atoms with Crippen molar-refractivity contribution in [3.8, 4) is 17.2 Å². The number of phenols is 3. The van der Waals surface area contributed by atoms with Gasteiger partial charge in [-0.3, -0.25) is 0 Å². The Morgan fingerprint density at radius 1 is 0.565 bits per heavy atom. The van der Waals surface area contributed by atoms with Gasteiger partial charge in [-0.25, -0.2) is 0 Å². The molecule has 0 radical (unpaired) electrons. The molecule has 3 heteroatoms. The molecule has 0 spiro atoms. The van der Waals surface area contributed by atoms with Gasteiger partial charge in [-0.1, -0.05) is 60.7 Å². The van der Waals surface area contributed by atoms with Gasteiger partial charge >= 0.3 is 0 Å². The number of hydrogen-bond donors (Lipinski definition) is 3. The average molecular weight is 306 g/mol. The number of hydrogen-bond acceptors (Lipinski definition) is 3. The van der Waals surface area contributed by atoms with Gasteiger partial charge < -0.3 is 15.3 Å². The molecule has 0 aliphatic rings. The standard InChI is InChI=1S/C20H18O3/c21-18-13-19(22)17(12-15-9-5-2-6-10-15)20(23)16(18)11-14-7-3-1-4-8-14/h1-10,13,21-23H,11-12H2. The largest absolute Gasteiger partial charge is 0.507 e. The lowest BCUT2D eigenvalue weighted by atomic mass is 9.96. The highest BCUT2D eigenvalue weighted by molar-refractivity contribution is 5.58. The lowest BCUT2D eigenvalue weighted by Crippen LogP contribution is -1.96. The Labute approximate surface area is 135 Å². The molecule has 0 aliphatic heterocycles. The van der Waals surface area contributed by atoms with E-state index in [1.54, 1.807) is 0 Å². The third kappa shape index (κ3) is 3.29. The summed E-state index contributed by atoms with van der Waals surface area (Å²) in [7, 11) is 0.